The lowest BCUT2D eigenvalue weighted by atomic mass is 9.95. The predicted octanol–water partition coefficient (Wildman–Crippen LogP) is 3.26. The van der Waals surface area contributed by atoms with E-state index in [0.29, 0.717) is 11.7 Å². The summed E-state index contributed by atoms with van der Waals surface area (Å²) in [5.41, 5.74) is 0. The highest BCUT2D eigenvalue weighted by molar-refractivity contribution is 5.91. The molecule has 3 aliphatic rings. The monoisotopic (exact) mass is 388 g/mol. The molecule has 28 heavy (non-hydrogen) atoms. The first-order valence-electron chi connectivity index (χ1n) is 11.4. The lowest BCUT2D eigenvalue weighted by Gasteiger charge is -2.39. The van der Waals surface area contributed by atoms with E-state index in [0.717, 1.165) is 32.2 Å². The van der Waals surface area contributed by atoms with E-state index in [9.17, 15) is 4.79 Å². The number of oxazole rings is 1. The minimum absolute atomic E-state index is 0.00694. The van der Waals surface area contributed by atoms with Crippen LogP contribution in [-0.4, -0.2) is 77.4 Å². The molecule has 0 N–H and O–H groups in total. The summed E-state index contributed by atoms with van der Waals surface area (Å²) in [6.45, 7) is 7.33. The molecule has 1 unspecified atom stereocenters. The van der Waals surface area contributed by atoms with Crippen LogP contribution in [0.1, 0.15) is 68.3 Å². The van der Waals surface area contributed by atoms with Gasteiger partial charge in [0.15, 0.2) is 6.39 Å². The standard InChI is InChI=1S/C22H36N4O2/c27-22(21-15-23-18-28-21)26(14-13-24-10-4-1-5-11-24)17-19-7-6-12-25(16-19)20-8-2-3-9-20/h15,18-20H,1-14,16-17H2. The molecule has 0 spiro atoms. The summed E-state index contributed by atoms with van der Waals surface area (Å²) < 4.78 is 5.33. The molecular weight excluding hydrogens is 352 g/mol. The molecule has 0 radical (unpaired) electrons. The van der Waals surface area contributed by atoms with Crippen molar-refractivity contribution >= 4 is 5.91 Å². The minimum Gasteiger partial charge on any atom is -0.438 e. The van der Waals surface area contributed by atoms with Crippen molar-refractivity contribution in [3.05, 3.63) is 18.4 Å². The molecule has 2 saturated heterocycles. The van der Waals surface area contributed by atoms with Crippen LogP contribution in [-0.2, 0) is 0 Å². The van der Waals surface area contributed by atoms with E-state index in [4.69, 9.17) is 4.42 Å². The molecule has 0 bridgehead atoms. The van der Waals surface area contributed by atoms with Crippen LogP contribution in [0.4, 0.5) is 0 Å². The quantitative estimate of drug-likeness (QED) is 0.718. The highest BCUT2D eigenvalue weighted by Gasteiger charge is 2.30. The van der Waals surface area contributed by atoms with Crippen LogP contribution in [0.15, 0.2) is 17.0 Å². The molecule has 0 aromatic carbocycles. The third-order valence-corrected chi connectivity index (χ3v) is 6.94. The van der Waals surface area contributed by atoms with Gasteiger partial charge in [0.2, 0.25) is 5.76 Å². The van der Waals surface area contributed by atoms with Gasteiger partial charge in [-0.2, -0.15) is 0 Å². The highest BCUT2D eigenvalue weighted by Crippen LogP contribution is 2.28. The normalized spacial score (nSPS) is 25.2. The topological polar surface area (TPSA) is 52.8 Å². The van der Waals surface area contributed by atoms with Gasteiger partial charge in [-0.3, -0.25) is 4.79 Å². The molecule has 4 rings (SSSR count). The zero-order chi connectivity index (χ0) is 19.2. The fourth-order valence-electron chi connectivity index (χ4n) is 5.36. The van der Waals surface area contributed by atoms with Crippen molar-refractivity contribution in [2.75, 3.05) is 45.8 Å². The van der Waals surface area contributed by atoms with Gasteiger partial charge in [-0.15, -0.1) is 0 Å². The largest absolute Gasteiger partial charge is 0.438 e. The third kappa shape index (κ3) is 5.15. The van der Waals surface area contributed by atoms with Gasteiger partial charge in [-0.05, 0) is 64.1 Å². The van der Waals surface area contributed by atoms with E-state index in [-0.39, 0.29) is 5.91 Å². The summed E-state index contributed by atoms with van der Waals surface area (Å²) in [6.07, 6.45) is 14.8. The lowest BCUT2D eigenvalue weighted by molar-refractivity contribution is 0.0582. The van der Waals surface area contributed by atoms with Crippen LogP contribution < -0.4 is 0 Å². The second kappa shape index (κ2) is 9.88. The van der Waals surface area contributed by atoms with Crippen molar-refractivity contribution in [2.24, 2.45) is 5.92 Å². The molecule has 3 fully saturated rings. The first-order chi connectivity index (χ1) is 13.8. The highest BCUT2D eigenvalue weighted by atomic mass is 16.3. The molecule has 1 aromatic rings. The maximum atomic E-state index is 13.1. The van der Waals surface area contributed by atoms with Crippen LogP contribution in [0.25, 0.3) is 0 Å². The van der Waals surface area contributed by atoms with Gasteiger partial charge in [-0.25, -0.2) is 4.98 Å². The number of aromatic nitrogens is 1. The Labute approximate surface area is 169 Å². The molecule has 6 heteroatoms. The smallest absolute Gasteiger partial charge is 0.291 e. The van der Waals surface area contributed by atoms with Crippen LogP contribution in [0.2, 0.25) is 0 Å². The van der Waals surface area contributed by atoms with Gasteiger partial charge in [0, 0.05) is 32.2 Å². The summed E-state index contributed by atoms with van der Waals surface area (Å²) in [5, 5.41) is 0. The summed E-state index contributed by atoms with van der Waals surface area (Å²) in [6, 6.07) is 0.787. The lowest BCUT2D eigenvalue weighted by Crippen LogP contribution is -2.47. The summed E-state index contributed by atoms with van der Waals surface area (Å²) in [5.74, 6) is 0.956. The molecule has 3 heterocycles. The van der Waals surface area contributed by atoms with E-state index >= 15 is 0 Å². The van der Waals surface area contributed by atoms with Gasteiger partial charge >= 0.3 is 0 Å². The van der Waals surface area contributed by atoms with Crippen molar-refractivity contribution in [3.63, 3.8) is 0 Å². The summed E-state index contributed by atoms with van der Waals surface area (Å²) in [4.78, 5) is 24.3. The van der Waals surface area contributed by atoms with Crippen LogP contribution in [0.5, 0.6) is 0 Å². The number of hydrogen-bond acceptors (Lipinski definition) is 5. The Balaban J connectivity index is 1.36. The van der Waals surface area contributed by atoms with E-state index in [1.807, 2.05) is 4.90 Å². The van der Waals surface area contributed by atoms with Crippen LogP contribution >= 0.6 is 0 Å². The number of amides is 1. The number of carbonyl (C=O) groups excluding carboxylic acids is 1. The molecular formula is C22H36N4O2. The molecule has 1 saturated carbocycles. The van der Waals surface area contributed by atoms with Crippen LogP contribution in [0.3, 0.4) is 0 Å². The van der Waals surface area contributed by atoms with E-state index < -0.39 is 0 Å². The molecule has 1 atom stereocenters. The Morgan fingerprint density at radius 3 is 2.64 bits per heavy atom. The number of likely N-dealkylation sites (tertiary alicyclic amines) is 2. The van der Waals surface area contributed by atoms with Crippen LogP contribution in [0, 0.1) is 5.92 Å². The van der Waals surface area contributed by atoms with Gasteiger partial charge in [-0.1, -0.05) is 19.3 Å². The summed E-state index contributed by atoms with van der Waals surface area (Å²) >= 11 is 0. The maximum Gasteiger partial charge on any atom is 0.291 e. The third-order valence-electron chi connectivity index (χ3n) is 6.94. The number of piperidine rings is 2. The number of nitrogens with zero attached hydrogens (tertiary/aromatic N) is 4. The van der Waals surface area contributed by atoms with Gasteiger partial charge in [0.1, 0.15) is 0 Å². The maximum absolute atomic E-state index is 13.1. The fraction of sp³-hybridized carbons (Fsp3) is 0.818. The van der Waals surface area contributed by atoms with Crippen molar-refractivity contribution in [1.82, 2.24) is 19.7 Å². The zero-order valence-electron chi connectivity index (χ0n) is 17.2. The Kier molecular flexibility index (Phi) is 7.02. The Morgan fingerprint density at radius 1 is 1.07 bits per heavy atom. The first-order valence-corrected chi connectivity index (χ1v) is 11.4. The van der Waals surface area contributed by atoms with Gasteiger partial charge < -0.3 is 19.1 Å². The average Bonchev–Trinajstić information content (AvgIpc) is 3.46. The van der Waals surface area contributed by atoms with Crippen molar-refractivity contribution in [3.8, 4) is 0 Å². The Bertz CT molecular complexity index is 594. The predicted molar refractivity (Wildman–Crippen MR) is 109 cm³/mol. The molecule has 156 valence electrons. The summed E-state index contributed by atoms with van der Waals surface area (Å²) in [7, 11) is 0. The number of carbonyl (C=O) groups is 1. The second-order valence-corrected chi connectivity index (χ2v) is 8.96. The molecule has 1 aromatic heterocycles. The average molecular weight is 389 g/mol. The second-order valence-electron chi connectivity index (χ2n) is 8.96. The van der Waals surface area contributed by atoms with E-state index in [2.05, 4.69) is 14.8 Å². The number of hydrogen-bond donors (Lipinski definition) is 0. The van der Waals surface area contributed by atoms with Gasteiger partial charge in [0.05, 0.1) is 6.20 Å². The van der Waals surface area contributed by atoms with E-state index in [1.165, 1.54) is 83.8 Å². The van der Waals surface area contributed by atoms with Crippen molar-refractivity contribution in [2.45, 2.75) is 63.8 Å². The van der Waals surface area contributed by atoms with Gasteiger partial charge in [0.25, 0.3) is 5.91 Å². The SMILES string of the molecule is O=C(c1cnco1)N(CCN1CCCCC1)CC1CCCN(C2CCCC2)C1. The minimum atomic E-state index is 0.00694. The molecule has 1 amide bonds. The first kappa shape index (κ1) is 19.9. The molecule has 6 nitrogen and oxygen atoms in total. The molecule has 2 aliphatic heterocycles. The van der Waals surface area contributed by atoms with E-state index in [1.54, 1.807) is 6.20 Å². The fourth-order valence-corrected chi connectivity index (χ4v) is 5.36. The molecule has 1 aliphatic carbocycles. The Hall–Kier alpha value is -1.40. The van der Waals surface area contributed by atoms with Crippen molar-refractivity contribution in [1.29, 1.82) is 0 Å². The Morgan fingerprint density at radius 2 is 1.89 bits per heavy atom. The zero-order valence-corrected chi connectivity index (χ0v) is 17.2. The number of rotatable bonds is 7. The van der Waals surface area contributed by atoms with Crippen molar-refractivity contribution < 1.29 is 9.21 Å².